The van der Waals surface area contributed by atoms with Crippen molar-refractivity contribution in [2.45, 2.75) is 6.10 Å². The van der Waals surface area contributed by atoms with E-state index in [-0.39, 0.29) is 0 Å². The van der Waals surface area contributed by atoms with Crippen molar-refractivity contribution in [3.05, 3.63) is 54.2 Å². The van der Waals surface area contributed by atoms with Crippen LogP contribution in [-0.4, -0.2) is 10.1 Å². The molecule has 3 nitrogen and oxygen atoms in total. The molecular formula is C10H9NO2. The van der Waals surface area contributed by atoms with Gasteiger partial charge in [0.2, 0.25) is 0 Å². The molecule has 0 spiro atoms. The van der Waals surface area contributed by atoms with Crippen molar-refractivity contribution in [3.63, 3.8) is 0 Å². The predicted octanol–water partition coefficient (Wildman–Crippen LogP) is 1.76. The third kappa shape index (κ3) is 1.60. The zero-order valence-electron chi connectivity index (χ0n) is 6.92. The number of pyridine rings is 1. The lowest BCUT2D eigenvalue weighted by Gasteiger charge is -2.06. The number of aliphatic hydroxyl groups is 1. The molecule has 0 saturated heterocycles. The molecule has 2 rings (SSSR count). The van der Waals surface area contributed by atoms with E-state index in [4.69, 9.17) is 4.42 Å². The highest BCUT2D eigenvalue weighted by atomic mass is 16.4. The molecule has 3 heteroatoms. The molecule has 0 amide bonds. The third-order valence-electron chi connectivity index (χ3n) is 1.83. The summed E-state index contributed by atoms with van der Waals surface area (Å²) in [5.74, 6) is 0.547. The molecule has 0 unspecified atom stereocenters. The van der Waals surface area contributed by atoms with Crippen LogP contribution in [0.15, 0.2) is 47.3 Å². The van der Waals surface area contributed by atoms with Gasteiger partial charge in [0.05, 0.1) is 6.26 Å². The standard InChI is InChI=1S/C10H9NO2/c12-10(9-2-1-7-13-9)8-3-5-11-6-4-8/h1-7,10,12H/t10-/m0/s1. The fraction of sp³-hybridized carbons (Fsp3) is 0.100. The normalized spacial score (nSPS) is 12.7. The minimum Gasteiger partial charge on any atom is -0.466 e. The summed E-state index contributed by atoms with van der Waals surface area (Å²) in [7, 11) is 0. The molecule has 2 aromatic heterocycles. The number of rotatable bonds is 2. The van der Waals surface area contributed by atoms with Crippen molar-refractivity contribution in [1.29, 1.82) is 0 Å². The van der Waals surface area contributed by atoms with Crippen LogP contribution in [-0.2, 0) is 0 Å². The molecule has 1 atom stereocenters. The Morgan fingerprint density at radius 1 is 1.23 bits per heavy atom. The molecule has 2 aromatic rings. The van der Waals surface area contributed by atoms with E-state index in [1.807, 2.05) is 0 Å². The lowest BCUT2D eigenvalue weighted by atomic mass is 10.1. The third-order valence-corrected chi connectivity index (χ3v) is 1.83. The van der Waals surface area contributed by atoms with Gasteiger partial charge >= 0.3 is 0 Å². The van der Waals surface area contributed by atoms with Crippen LogP contribution in [0.3, 0.4) is 0 Å². The molecule has 0 aliphatic rings. The van der Waals surface area contributed by atoms with Gasteiger partial charge in [-0.2, -0.15) is 0 Å². The summed E-state index contributed by atoms with van der Waals surface area (Å²) in [5.41, 5.74) is 0.782. The van der Waals surface area contributed by atoms with E-state index in [9.17, 15) is 5.11 Å². The number of aliphatic hydroxyl groups excluding tert-OH is 1. The fourth-order valence-corrected chi connectivity index (χ4v) is 1.16. The smallest absolute Gasteiger partial charge is 0.137 e. The van der Waals surface area contributed by atoms with Crippen LogP contribution in [0.25, 0.3) is 0 Å². The summed E-state index contributed by atoms with van der Waals surface area (Å²) >= 11 is 0. The lowest BCUT2D eigenvalue weighted by Crippen LogP contribution is -1.97. The molecule has 13 heavy (non-hydrogen) atoms. The second kappa shape index (κ2) is 3.41. The van der Waals surface area contributed by atoms with Crippen molar-refractivity contribution < 1.29 is 9.52 Å². The van der Waals surface area contributed by atoms with Crippen molar-refractivity contribution in [3.8, 4) is 0 Å². The Kier molecular flexibility index (Phi) is 2.10. The average Bonchev–Trinajstić information content (AvgIpc) is 2.71. The zero-order valence-corrected chi connectivity index (χ0v) is 6.92. The second-order valence-electron chi connectivity index (χ2n) is 2.70. The van der Waals surface area contributed by atoms with E-state index in [1.54, 1.807) is 42.9 Å². The predicted molar refractivity (Wildman–Crippen MR) is 47.0 cm³/mol. The van der Waals surface area contributed by atoms with Gasteiger partial charge in [-0.1, -0.05) is 0 Å². The lowest BCUT2D eigenvalue weighted by molar-refractivity contribution is 0.189. The second-order valence-corrected chi connectivity index (χ2v) is 2.70. The first-order valence-electron chi connectivity index (χ1n) is 3.99. The Balaban J connectivity index is 2.29. The summed E-state index contributed by atoms with van der Waals surface area (Å²) in [6.45, 7) is 0. The van der Waals surface area contributed by atoms with Gasteiger partial charge in [-0.3, -0.25) is 4.98 Å². The highest BCUT2D eigenvalue weighted by Crippen LogP contribution is 2.20. The Bertz CT molecular complexity index is 356. The van der Waals surface area contributed by atoms with Gasteiger partial charge in [0, 0.05) is 12.4 Å². The van der Waals surface area contributed by atoms with Crippen LogP contribution >= 0.6 is 0 Å². The summed E-state index contributed by atoms with van der Waals surface area (Å²) in [6.07, 6.45) is 4.13. The topological polar surface area (TPSA) is 46.3 Å². The van der Waals surface area contributed by atoms with Crippen LogP contribution in [0.2, 0.25) is 0 Å². The summed E-state index contributed by atoms with van der Waals surface area (Å²) < 4.78 is 5.08. The molecule has 0 fully saturated rings. The first kappa shape index (κ1) is 8.01. The molecular weight excluding hydrogens is 166 g/mol. The molecule has 0 saturated carbocycles. The molecule has 2 heterocycles. The zero-order chi connectivity index (χ0) is 9.10. The minimum atomic E-state index is -0.696. The molecule has 0 aliphatic heterocycles. The molecule has 1 N–H and O–H groups in total. The molecule has 0 radical (unpaired) electrons. The summed E-state index contributed by atoms with van der Waals surface area (Å²) in [4.78, 5) is 3.87. The Labute approximate surface area is 75.7 Å². The van der Waals surface area contributed by atoms with E-state index in [2.05, 4.69) is 4.98 Å². The number of nitrogens with zero attached hydrogens (tertiary/aromatic N) is 1. The van der Waals surface area contributed by atoms with E-state index < -0.39 is 6.10 Å². The van der Waals surface area contributed by atoms with E-state index in [1.165, 1.54) is 0 Å². The van der Waals surface area contributed by atoms with Gasteiger partial charge in [0.25, 0.3) is 0 Å². The largest absolute Gasteiger partial charge is 0.466 e. The van der Waals surface area contributed by atoms with Crippen LogP contribution in [0.4, 0.5) is 0 Å². The van der Waals surface area contributed by atoms with Gasteiger partial charge < -0.3 is 9.52 Å². The van der Waals surface area contributed by atoms with E-state index in [0.717, 1.165) is 5.56 Å². The van der Waals surface area contributed by atoms with Gasteiger partial charge in [0.15, 0.2) is 0 Å². The minimum absolute atomic E-state index is 0.547. The van der Waals surface area contributed by atoms with Crippen LogP contribution in [0.5, 0.6) is 0 Å². The number of aromatic nitrogens is 1. The van der Waals surface area contributed by atoms with Crippen molar-refractivity contribution in [1.82, 2.24) is 4.98 Å². The van der Waals surface area contributed by atoms with Crippen molar-refractivity contribution in [2.24, 2.45) is 0 Å². The first-order chi connectivity index (χ1) is 6.38. The fourth-order valence-electron chi connectivity index (χ4n) is 1.16. The average molecular weight is 175 g/mol. The van der Waals surface area contributed by atoms with Crippen LogP contribution < -0.4 is 0 Å². The number of hydrogen-bond donors (Lipinski definition) is 1. The van der Waals surface area contributed by atoms with Crippen molar-refractivity contribution in [2.75, 3.05) is 0 Å². The maximum absolute atomic E-state index is 9.76. The quantitative estimate of drug-likeness (QED) is 0.756. The molecule has 0 aliphatic carbocycles. The van der Waals surface area contributed by atoms with Gasteiger partial charge in [-0.05, 0) is 29.8 Å². The van der Waals surface area contributed by atoms with E-state index in [0.29, 0.717) is 5.76 Å². The van der Waals surface area contributed by atoms with Gasteiger partial charge in [-0.15, -0.1) is 0 Å². The Hall–Kier alpha value is -1.61. The van der Waals surface area contributed by atoms with Gasteiger partial charge in [0.1, 0.15) is 11.9 Å². The number of furan rings is 1. The van der Waals surface area contributed by atoms with E-state index >= 15 is 0 Å². The monoisotopic (exact) mass is 175 g/mol. The van der Waals surface area contributed by atoms with Crippen LogP contribution in [0, 0.1) is 0 Å². The summed E-state index contributed by atoms with van der Waals surface area (Å²) in [5, 5.41) is 9.76. The molecule has 66 valence electrons. The highest BCUT2D eigenvalue weighted by molar-refractivity contribution is 5.21. The highest BCUT2D eigenvalue weighted by Gasteiger charge is 2.11. The maximum atomic E-state index is 9.76. The van der Waals surface area contributed by atoms with Crippen LogP contribution in [0.1, 0.15) is 17.4 Å². The Morgan fingerprint density at radius 3 is 2.62 bits per heavy atom. The molecule has 0 aromatic carbocycles. The maximum Gasteiger partial charge on any atom is 0.137 e. The van der Waals surface area contributed by atoms with Gasteiger partial charge in [-0.25, -0.2) is 0 Å². The first-order valence-corrected chi connectivity index (χ1v) is 3.99. The Morgan fingerprint density at radius 2 is 2.00 bits per heavy atom. The SMILES string of the molecule is O[C@@H](c1ccncc1)c1ccco1. The van der Waals surface area contributed by atoms with Crippen molar-refractivity contribution >= 4 is 0 Å². The summed E-state index contributed by atoms with van der Waals surface area (Å²) in [6, 6.07) is 7.01. The molecule has 0 bridgehead atoms. The number of hydrogen-bond acceptors (Lipinski definition) is 3.